The molecule has 0 amide bonds. The molecule has 2 nitrogen and oxygen atoms in total. The van der Waals surface area contributed by atoms with E-state index in [1.54, 1.807) is 0 Å². The largest absolute Gasteiger partial charge is 0.269 e. The van der Waals surface area contributed by atoms with E-state index in [4.69, 9.17) is 5.84 Å². The molecule has 0 saturated heterocycles. The topological polar surface area (TPSA) is 29.3 Å². The summed E-state index contributed by atoms with van der Waals surface area (Å²) in [6, 6.07) is 0.483. The molecule has 0 unspecified atom stereocenters. The summed E-state index contributed by atoms with van der Waals surface area (Å²) in [4.78, 5) is 0. The van der Waals surface area contributed by atoms with E-state index < -0.39 is 0 Å². The lowest BCUT2D eigenvalue weighted by Gasteiger charge is -2.19. The van der Waals surface area contributed by atoms with Gasteiger partial charge in [-0.2, -0.15) is 0 Å². The number of nitrogens with two attached hydrogens (primary N) is 1. The van der Waals surface area contributed by atoms with E-state index in [0.29, 0.717) is 6.04 Å². The molecule has 0 aromatic rings. The normalized spacial score (nSPS) is 11.5. The minimum absolute atomic E-state index is 0.483. The molecule has 68 valence electrons. The highest BCUT2D eigenvalue weighted by Gasteiger charge is 2.01. The predicted octanol–water partition coefficient (Wildman–Crippen LogP) is 2.15. The van der Waals surface area contributed by atoms with E-state index in [-0.39, 0.29) is 0 Å². The van der Waals surface area contributed by atoms with Gasteiger partial charge in [0.1, 0.15) is 0 Å². The Labute approximate surface area is 70.7 Å². The van der Waals surface area contributed by atoms with Crippen LogP contribution in [-0.4, -0.2) is 17.6 Å². The molecule has 0 fully saturated rings. The fraction of sp³-hybridized carbons (Fsp3) is 1.00. The van der Waals surface area contributed by atoms with Gasteiger partial charge in [-0.15, -0.1) is 0 Å². The van der Waals surface area contributed by atoms with Crippen molar-refractivity contribution in [2.45, 2.75) is 52.5 Å². The van der Waals surface area contributed by atoms with Crippen LogP contribution in [0.2, 0.25) is 0 Å². The van der Waals surface area contributed by atoms with Gasteiger partial charge < -0.3 is 0 Å². The smallest absolute Gasteiger partial charge is 0.0184 e. The lowest BCUT2D eigenvalue weighted by Crippen LogP contribution is -2.38. The fourth-order valence-corrected chi connectivity index (χ4v) is 0.979. The molecule has 0 atom stereocenters. The molecular formula is C9H22N2. The standard InChI is InChI=1S/C9H22N2/c1-4-5-6-7-8-11(10)9(2)3/h9H,4-8,10H2,1-3H3. The molecule has 0 aliphatic rings. The molecule has 0 rings (SSSR count). The Morgan fingerprint density at radius 3 is 2.27 bits per heavy atom. The first-order chi connectivity index (χ1) is 5.18. The van der Waals surface area contributed by atoms with Crippen LogP contribution in [0.1, 0.15) is 46.5 Å². The van der Waals surface area contributed by atoms with Gasteiger partial charge in [-0.3, -0.25) is 5.84 Å². The van der Waals surface area contributed by atoms with Gasteiger partial charge in [0.25, 0.3) is 0 Å². The molecule has 0 saturated carbocycles. The Hall–Kier alpha value is -0.0800. The molecule has 0 bridgehead atoms. The summed E-state index contributed by atoms with van der Waals surface area (Å²) in [5.74, 6) is 5.73. The average Bonchev–Trinajstić information content (AvgIpc) is 1.97. The Morgan fingerprint density at radius 2 is 1.82 bits per heavy atom. The van der Waals surface area contributed by atoms with E-state index >= 15 is 0 Å². The fourth-order valence-electron chi connectivity index (χ4n) is 0.979. The molecule has 0 aliphatic heterocycles. The third kappa shape index (κ3) is 6.32. The molecule has 0 spiro atoms. The van der Waals surface area contributed by atoms with Gasteiger partial charge >= 0.3 is 0 Å². The first-order valence-corrected chi connectivity index (χ1v) is 4.69. The Bertz CT molecular complexity index is 81.6. The lowest BCUT2D eigenvalue weighted by atomic mass is 10.2. The van der Waals surface area contributed by atoms with Crippen molar-refractivity contribution in [2.24, 2.45) is 5.84 Å². The second-order valence-electron chi connectivity index (χ2n) is 3.39. The minimum Gasteiger partial charge on any atom is -0.269 e. The molecule has 0 aromatic heterocycles. The van der Waals surface area contributed by atoms with Crippen molar-refractivity contribution in [3.05, 3.63) is 0 Å². The number of hydrazine groups is 1. The minimum atomic E-state index is 0.483. The molecule has 2 heteroatoms. The van der Waals surface area contributed by atoms with Crippen molar-refractivity contribution in [3.63, 3.8) is 0 Å². The van der Waals surface area contributed by atoms with E-state index in [2.05, 4.69) is 20.8 Å². The van der Waals surface area contributed by atoms with E-state index in [9.17, 15) is 0 Å². The zero-order valence-corrected chi connectivity index (χ0v) is 8.14. The molecule has 0 radical (unpaired) electrons. The van der Waals surface area contributed by atoms with Gasteiger partial charge in [-0.25, -0.2) is 5.01 Å². The van der Waals surface area contributed by atoms with Crippen LogP contribution in [-0.2, 0) is 0 Å². The second-order valence-corrected chi connectivity index (χ2v) is 3.39. The summed E-state index contributed by atoms with van der Waals surface area (Å²) >= 11 is 0. The van der Waals surface area contributed by atoms with Gasteiger partial charge in [0.05, 0.1) is 0 Å². The van der Waals surface area contributed by atoms with Crippen LogP contribution in [0.5, 0.6) is 0 Å². The van der Waals surface area contributed by atoms with Gasteiger partial charge in [-0.1, -0.05) is 26.2 Å². The highest BCUT2D eigenvalue weighted by atomic mass is 15.4. The summed E-state index contributed by atoms with van der Waals surface area (Å²) in [5, 5.41) is 1.91. The molecule has 0 heterocycles. The molecule has 11 heavy (non-hydrogen) atoms. The van der Waals surface area contributed by atoms with Gasteiger partial charge in [-0.05, 0) is 20.3 Å². The van der Waals surface area contributed by atoms with Crippen LogP contribution in [0, 0.1) is 0 Å². The third-order valence-electron chi connectivity index (χ3n) is 1.93. The zero-order chi connectivity index (χ0) is 8.69. The molecule has 0 aromatic carbocycles. The van der Waals surface area contributed by atoms with E-state index in [0.717, 1.165) is 6.54 Å². The van der Waals surface area contributed by atoms with Gasteiger partial charge in [0.15, 0.2) is 0 Å². The van der Waals surface area contributed by atoms with Crippen LogP contribution in [0.25, 0.3) is 0 Å². The lowest BCUT2D eigenvalue weighted by molar-refractivity contribution is 0.223. The summed E-state index contributed by atoms with van der Waals surface area (Å²) in [6.07, 6.45) is 5.19. The van der Waals surface area contributed by atoms with E-state index in [1.807, 2.05) is 5.01 Å². The van der Waals surface area contributed by atoms with Crippen LogP contribution in [0.3, 0.4) is 0 Å². The van der Waals surface area contributed by atoms with Crippen molar-refractivity contribution in [1.82, 2.24) is 5.01 Å². The van der Waals surface area contributed by atoms with Crippen molar-refractivity contribution >= 4 is 0 Å². The average molecular weight is 158 g/mol. The monoisotopic (exact) mass is 158 g/mol. The molecule has 0 aliphatic carbocycles. The maximum Gasteiger partial charge on any atom is 0.0184 e. The highest BCUT2D eigenvalue weighted by Crippen LogP contribution is 2.00. The number of unbranched alkanes of at least 4 members (excludes halogenated alkanes) is 3. The summed E-state index contributed by atoms with van der Waals surface area (Å²) in [7, 11) is 0. The number of hydrogen-bond acceptors (Lipinski definition) is 2. The van der Waals surface area contributed by atoms with Gasteiger partial charge in [0, 0.05) is 12.6 Å². The summed E-state index contributed by atoms with van der Waals surface area (Å²) in [6.45, 7) is 7.51. The van der Waals surface area contributed by atoms with Crippen LogP contribution >= 0.6 is 0 Å². The first-order valence-electron chi connectivity index (χ1n) is 4.69. The van der Waals surface area contributed by atoms with E-state index in [1.165, 1.54) is 25.7 Å². The number of nitrogens with zero attached hydrogens (tertiary/aromatic N) is 1. The first kappa shape index (κ1) is 10.9. The maximum atomic E-state index is 5.73. The second kappa shape index (κ2) is 6.62. The molecule has 2 N–H and O–H groups in total. The van der Waals surface area contributed by atoms with Crippen molar-refractivity contribution in [3.8, 4) is 0 Å². The van der Waals surface area contributed by atoms with Crippen molar-refractivity contribution in [1.29, 1.82) is 0 Å². The predicted molar refractivity (Wildman–Crippen MR) is 50.2 cm³/mol. The highest BCUT2D eigenvalue weighted by molar-refractivity contribution is 4.54. The SMILES string of the molecule is CCCCCCN(N)C(C)C. The van der Waals surface area contributed by atoms with Crippen LogP contribution < -0.4 is 5.84 Å². The maximum absolute atomic E-state index is 5.73. The Morgan fingerprint density at radius 1 is 1.18 bits per heavy atom. The Kier molecular flexibility index (Phi) is 6.57. The van der Waals surface area contributed by atoms with Crippen molar-refractivity contribution in [2.75, 3.05) is 6.54 Å². The summed E-state index contributed by atoms with van der Waals surface area (Å²) in [5.41, 5.74) is 0. The zero-order valence-electron chi connectivity index (χ0n) is 8.14. The van der Waals surface area contributed by atoms with Crippen LogP contribution in [0.4, 0.5) is 0 Å². The van der Waals surface area contributed by atoms with Crippen LogP contribution in [0.15, 0.2) is 0 Å². The third-order valence-corrected chi connectivity index (χ3v) is 1.93. The summed E-state index contributed by atoms with van der Waals surface area (Å²) < 4.78 is 0. The van der Waals surface area contributed by atoms with Crippen molar-refractivity contribution < 1.29 is 0 Å². The Balaban J connectivity index is 3.10. The number of rotatable bonds is 6. The number of hydrogen-bond donors (Lipinski definition) is 1. The van der Waals surface area contributed by atoms with Gasteiger partial charge in [0.2, 0.25) is 0 Å². The quantitative estimate of drug-likeness (QED) is 0.364. The molecular weight excluding hydrogens is 136 g/mol.